The van der Waals surface area contributed by atoms with Crippen LogP contribution in [0.15, 0.2) is 0 Å². The van der Waals surface area contributed by atoms with Crippen molar-refractivity contribution in [3.05, 3.63) is 0 Å². The molecule has 0 aromatic rings. The van der Waals surface area contributed by atoms with E-state index in [-0.39, 0.29) is 5.91 Å². The van der Waals surface area contributed by atoms with E-state index in [9.17, 15) is 4.79 Å². The molecule has 1 aliphatic heterocycles. The lowest BCUT2D eigenvalue weighted by Gasteiger charge is -2.28. The zero-order chi connectivity index (χ0) is 11.3. The lowest BCUT2D eigenvalue weighted by atomic mass is 9.97. The van der Waals surface area contributed by atoms with Crippen LogP contribution in [-0.4, -0.2) is 27.3 Å². The Morgan fingerprint density at radius 1 is 1.13 bits per heavy atom. The average Bonchev–Trinajstić information content (AvgIpc) is 2.14. The molecule has 0 radical (unpaired) electrons. The zero-order valence-electron chi connectivity index (χ0n) is 9.89. The third kappa shape index (κ3) is 5.18. The van der Waals surface area contributed by atoms with Crippen molar-refractivity contribution in [2.24, 2.45) is 0 Å². The van der Waals surface area contributed by atoms with Gasteiger partial charge in [0.25, 0.3) is 0 Å². The predicted molar refractivity (Wildman–Crippen MR) is 72.4 cm³/mol. The molecule has 15 heavy (non-hydrogen) atoms. The first-order valence-electron chi connectivity index (χ1n) is 5.96. The van der Waals surface area contributed by atoms with Crippen molar-refractivity contribution < 1.29 is 4.79 Å². The van der Waals surface area contributed by atoms with Gasteiger partial charge >= 0.3 is 0 Å². The Balaban J connectivity index is 2.47. The standard InChI is InChI=1S/C12H22INO/c1-11(15)14-9-5-3-4-7-12(2,13)8-6-10-14/h3-10H2,1-2H3. The van der Waals surface area contributed by atoms with Crippen molar-refractivity contribution in [2.75, 3.05) is 13.1 Å². The summed E-state index contributed by atoms with van der Waals surface area (Å²) < 4.78 is 0.442. The lowest BCUT2D eigenvalue weighted by Crippen LogP contribution is -2.32. The van der Waals surface area contributed by atoms with Gasteiger partial charge in [-0.25, -0.2) is 0 Å². The van der Waals surface area contributed by atoms with Crippen molar-refractivity contribution in [3.8, 4) is 0 Å². The van der Waals surface area contributed by atoms with E-state index >= 15 is 0 Å². The smallest absolute Gasteiger partial charge is 0.219 e. The Morgan fingerprint density at radius 3 is 2.40 bits per heavy atom. The molecule has 0 saturated carbocycles. The molecule has 1 saturated heterocycles. The predicted octanol–water partition coefficient (Wildman–Crippen LogP) is 3.38. The fraction of sp³-hybridized carbons (Fsp3) is 0.917. The van der Waals surface area contributed by atoms with Crippen LogP contribution >= 0.6 is 22.6 Å². The van der Waals surface area contributed by atoms with Crippen molar-refractivity contribution in [1.29, 1.82) is 0 Å². The molecule has 0 aliphatic carbocycles. The Hall–Kier alpha value is 0.200. The first-order valence-corrected chi connectivity index (χ1v) is 7.04. The van der Waals surface area contributed by atoms with Crippen LogP contribution in [0.5, 0.6) is 0 Å². The Bertz CT molecular complexity index is 216. The maximum atomic E-state index is 11.3. The number of hydrogen-bond donors (Lipinski definition) is 0. The van der Waals surface area contributed by atoms with Gasteiger partial charge in [-0.15, -0.1) is 0 Å². The van der Waals surface area contributed by atoms with Gasteiger partial charge in [0.05, 0.1) is 0 Å². The van der Waals surface area contributed by atoms with Gasteiger partial charge in [0.15, 0.2) is 0 Å². The summed E-state index contributed by atoms with van der Waals surface area (Å²) in [7, 11) is 0. The van der Waals surface area contributed by atoms with E-state index in [1.54, 1.807) is 6.92 Å². The summed E-state index contributed by atoms with van der Waals surface area (Å²) in [5.74, 6) is 0.241. The number of carbonyl (C=O) groups excluding carboxylic acids is 1. The topological polar surface area (TPSA) is 20.3 Å². The van der Waals surface area contributed by atoms with Gasteiger partial charge in [0.2, 0.25) is 5.91 Å². The van der Waals surface area contributed by atoms with Crippen LogP contribution in [0.25, 0.3) is 0 Å². The highest BCUT2D eigenvalue weighted by Crippen LogP contribution is 2.31. The average molecular weight is 323 g/mol. The SMILES string of the molecule is CC(=O)N1CCCCCC(C)(I)CCC1. The third-order valence-corrected chi connectivity index (χ3v) is 4.28. The van der Waals surface area contributed by atoms with Crippen LogP contribution in [0.4, 0.5) is 0 Å². The molecule has 1 unspecified atom stereocenters. The normalized spacial score (nSPS) is 29.9. The molecule has 2 nitrogen and oxygen atoms in total. The summed E-state index contributed by atoms with van der Waals surface area (Å²) >= 11 is 2.58. The van der Waals surface area contributed by atoms with E-state index in [1.807, 2.05) is 4.90 Å². The van der Waals surface area contributed by atoms with E-state index in [0.717, 1.165) is 19.5 Å². The summed E-state index contributed by atoms with van der Waals surface area (Å²) in [5.41, 5.74) is 0. The zero-order valence-corrected chi connectivity index (χ0v) is 12.0. The molecule has 0 aromatic heterocycles. The molecular formula is C12H22INO. The van der Waals surface area contributed by atoms with Crippen molar-refractivity contribution >= 4 is 28.5 Å². The van der Waals surface area contributed by atoms with E-state index in [0.29, 0.717) is 3.42 Å². The number of halogens is 1. The van der Waals surface area contributed by atoms with Gasteiger partial charge in [-0.3, -0.25) is 4.79 Å². The molecule has 1 rings (SSSR count). The fourth-order valence-corrected chi connectivity index (χ4v) is 2.93. The second kappa shape index (κ2) is 6.06. The number of amides is 1. The first-order chi connectivity index (χ1) is 7.01. The molecule has 1 aliphatic rings. The minimum Gasteiger partial charge on any atom is -0.343 e. The van der Waals surface area contributed by atoms with Crippen LogP contribution in [0.2, 0.25) is 0 Å². The highest BCUT2D eigenvalue weighted by Gasteiger charge is 2.21. The number of rotatable bonds is 0. The summed E-state index contributed by atoms with van der Waals surface area (Å²) in [6, 6.07) is 0. The second-order valence-electron chi connectivity index (χ2n) is 4.83. The largest absolute Gasteiger partial charge is 0.343 e. The molecule has 0 bridgehead atoms. The van der Waals surface area contributed by atoms with Crippen LogP contribution in [0.1, 0.15) is 52.4 Å². The highest BCUT2D eigenvalue weighted by atomic mass is 127. The van der Waals surface area contributed by atoms with Crippen LogP contribution in [0, 0.1) is 0 Å². The number of carbonyl (C=O) groups is 1. The molecule has 0 aromatic carbocycles. The van der Waals surface area contributed by atoms with Crippen molar-refractivity contribution in [1.82, 2.24) is 4.90 Å². The lowest BCUT2D eigenvalue weighted by molar-refractivity contribution is -0.129. The van der Waals surface area contributed by atoms with E-state index < -0.39 is 0 Å². The van der Waals surface area contributed by atoms with Gasteiger partial charge in [0, 0.05) is 23.4 Å². The number of nitrogens with zero attached hydrogens (tertiary/aromatic N) is 1. The van der Waals surface area contributed by atoms with E-state index in [4.69, 9.17) is 0 Å². The summed E-state index contributed by atoms with van der Waals surface area (Å²) in [6.07, 6.45) is 7.46. The minimum absolute atomic E-state index is 0.241. The van der Waals surface area contributed by atoms with Gasteiger partial charge in [-0.1, -0.05) is 42.4 Å². The highest BCUT2D eigenvalue weighted by molar-refractivity contribution is 14.1. The summed E-state index contributed by atoms with van der Waals surface area (Å²) in [6.45, 7) is 5.95. The molecule has 0 N–H and O–H groups in total. The fourth-order valence-electron chi connectivity index (χ4n) is 2.16. The number of hydrogen-bond acceptors (Lipinski definition) is 1. The maximum Gasteiger partial charge on any atom is 0.219 e. The van der Waals surface area contributed by atoms with Gasteiger partial charge in [-0.05, 0) is 25.7 Å². The van der Waals surface area contributed by atoms with Gasteiger partial charge < -0.3 is 4.90 Å². The van der Waals surface area contributed by atoms with Crippen molar-refractivity contribution in [3.63, 3.8) is 0 Å². The van der Waals surface area contributed by atoms with E-state index in [2.05, 4.69) is 29.5 Å². The van der Waals surface area contributed by atoms with Crippen LogP contribution < -0.4 is 0 Å². The molecule has 1 fully saturated rings. The summed E-state index contributed by atoms with van der Waals surface area (Å²) in [5, 5.41) is 0. The van der Waals surface area contributed by atoms with Crippen molar-refractivity contribution in [2.45, 2.75) is 55.8 Å². The second-order valence-corrected chi connectivity index (χ2v) is 7.44. The van der Waals surface area contributed by atoms with Gasteiger partial charge in [0.1, 0.15) is 0 Å². The Morgan fingerprint density at radius 2 is 1.73 bits per heavy atom. The molecule has 1 heterocycles. The van der Waals surface area contributed by atoms with Crippen LogP contribution in [-0.2, 0) is 4.79 Å². The maximum absolute atomic E-state index is 11.3. The molecule has 0 spiro atoms. The Labute approximate surface area is 107 Å². The molecule has 3 heteroatoms. The molecule has 88 valence electrons. The Kier molecular flexibility index (Phi) is 5.36. The quantitative estimate of drug-likeness (QED) is 0.494. The monoisotopic (exact) mass is 323 g/mol. The van der Waals surface area contributed by atoms with E-state index in [1.165, 1.54) is 32.1 Å². The van der Waals surface area contributed by atoms with Crippen LogP contribution in [0.3, 0.4) is 0 Å². The third-order valence-electron chi connectivity index (χ3n) is 3.20. The first kappa shape index (κ1) is 13.3. The number of alkyl halides is 1. The minimum atomic E-state index is 0.241. The summed E-state index contributed by atoms with van der Waals surface area (Å²) in [4.78, 5) is 13.4. The molecular weight excluding hydrogens is 301 g/mol. The molecule has 1 amide bonds. The molecule has 1 atom stereocenters. The van der Waals surface area contributed by atoms with Gasteiger partial charge in [-0.2, -0.15) is 0 Å².